The summed E-state index contributed by atoms with van der Waals surface area (Å²) in [5.41, 5.74) is 0.215. The minimum Gasteiger partial charge on any atom is -0.383 e. The van der Waals surface area contributed by atoms with Gasteiger partial charge in [-0.3, -0.25) is 0 Å². The van der Waals surface area contributed by atoms with E-state index in [1.54, 1.807) is 7.11 Å². The normalized spacial score (nSPS) is 14.4. The lowest BCUT2D eigenvalue weighted by atomic mass is 9.77. The number of nitrogens with zero attached hydrogens (tertiary/aromatic N) is 4. The van der Waals surface area contributed by atoms with Crippen LogP contribution in [-0.2, 0) is 18.2 Å². The number of aromatic nitrogens is 4. The Labute approximate surface area is 122 Å². The van der Waals surface area contributed by atoms with Gasteiger partial charge >= 0.3 is 0 Å². The van der Waals surface area contributed by atoms with Gasteiger partial charge in [0.05, 0.1) is 13.7 Å². The molecule has 0 aliphatic rings. The molecule has 1 aromatic heterocycles. The average Bonchev–Trinajstić information content (AvgIpc) is 2.86. The first-order chi connectivity index (χ1) is 9.65. The summed E-state index contributed by atoms with van der Waals surface area (Å²) in [5, 5.41) is 15.9. The van der Waals surface area contributed by atoms with E-state index in [0.29, 0.717) is 0 Å². The van der Waals surface area contributed by atoms with E-state index in [0.717, 1.165) is 38.4 Å². The number of methoxy groups -OCH3 is 1. The van der Waals surface area contributed by atoms with Gasteiger partial charge in [-0.1, -0.05) is 26.7 Å². The summed E-state index contributed by atoms with van der Waals surface area (Å²) in [6.07, 6.45) is 5.65. The molecule has 0 saturated carbocycles. The third-order valence-electron chi connectivity index (χ3n) is 3.88. The number of rotatable bonds is 11. The molecule has 20 heavy (non-hydrogen) atoms. The van der Waals surface area contributed by atoms with Gasteiger partial charge in [0.1, 0.15) is 0 Å². The van der Waals surface area contributed by atoms with Crippen molar-refractivity contribution < 1.29 is 4.74 Å². The maximum atomic E-state index is 5.09. The molecule has 1 heterocycles. The van der Waals surface area contributed by atoms with Crippen molar-refractivity contribution in [2.45, 2.75) is 46.0 Å². The van der Waals surface area contributed by atoms with Crippen LogP contribution in [0.3, 0.4) is 0 Å². The highest BCUT2D eigenvalue weighted by atomic mass is 16.5. The molecule has 1 atom stereocenters. The summed E-state index contributed by atoms with van der Waals surface area (Å²) in [4.78, 5) is 1.54. The Balaban J connectivity index is 2.64. The Kier molecular flexibility index (Phi) is 7.69. The first kappa shape index (κ1) is 17.0. The highest BCUT2D eigenvalue weighted by Crippen LogP contribution is 2.31. The maximum absolute atomic E-state index is 5.09. The molecule has 0 bridgehead atoms. The molecule has 0 aromatic carbocycles. The van der Waals surface area contributed by atoms with Crippen molar-refractivity contribution in [3.63, 3.8) is 0 Å². The lowest BCUT2D eigenvalue weighted by molar-refractivity contribution is 0.181. The number of aryl methyl sites for hydroxylation is 1. The van der Waals surface area contributed by atoms with Gasteiger partial charge in [0.15, 0.2) is 5.82 Å². The first-order valence-corrected chi connectivity index (χ1v) is 7.58. The molecule has 0 spiro atoms. The van der Waals surface area contributed by atoms with Crippen molar-refractivity contribution in [2.24, 2.45) is 12.5 Å². The van der Waals surface area contributed by atoms with E-state index in [1.165, 1.54) is 24.1 Å². The fraction of sp³-hybridized carbons (Fsp3) is 0.929. The summed E-state index contributed by atoms with van der Waals surface area (Å²) >= 11 is 0. The minimum atomic E-state index is 0.215. The fourth-order valence-corrected chi connectivity index (χ4v) is 2.48. The van der Waals surface area contributed by atoms with Crippen LogP contribution in [0.5, 0.6) is 0 Å². The van der Waals surface area contributed by atoms with E-state index in [2.05, 4.69) is 34.6 Å². The smallest absolute Gasteiger partial charge is 0.175 e. The molecular weight excluding hydrogens is 254 g/mol. The second-order valence-electron chi connectivity index (χ2n) is 5.50. The van der Waals surface area contributed by atoms with Crippen LogP contribution < -0.4 is 5.32 Å². The largest absolute Gasteiger partial charge is 0.383 e. The van der Waals surface area contributed by atoms with Crippen molar-refractivity contribution in [1.29, 1.82) is 0 Å². The fourth-order valence-electron chi connectivity index (χ4n) is 2.48. The predicted molar refractivity (Wildman–Crippen MR) is 79.5 cm³/mol. The Morgan fingerprint density at radius 2 is 2.15 bits per heavy atom. The quantitative estimate of drug-likeness (QED) is 0.625. The monoisotopic (exact) mass is 283 g/mol. The number of nitrogens with one attached hydrogen (secondary N) is 1. The standard InChI is InChI=1S/C14H29N5O/c1-5-7-8-14(6-2,12-15-9-10-20-4)11-13-16-18-19(3)17-13/h15H,5-12H2,1-4H3. The SMILES string of the molecule is CCCCC(CC)(CNCCOC)Cc1nnn(C)n1. The number of ether oxygens (including phenoxy) is 1. The van der Waals surface area contributed by atoms with Crippen LogP contribution >= 0.6 is 0 Å². The van der Waals surface area contributed by atoms with Crippen molar-refractivity contribution in [3.8, 4) is 0 Å². The van der Waals surface area contributed by atoms with Gasteiger partial charge < -0.3 is 10.1 Å². The van der Waals surface area contributed by atoms with Crippen molar-refractivity contribution in [3.05, 3.63) is 5.82 Å². The second-order valence-corrected chi connectivity index (χ2v) is 5.50. The molecule has 1 N–H and O–H groups in total. The van der Waals surface area contributed by atoms with E-state index in [-0.39, 0.29) is 5.41 Å². The Morgan fingerprint density at radius 3 is 2.70 bits per heavy atom. The van der Waals surface area contributed by atoms with E-state index in [4.69, 9.17) is 4.74 Å². The van der Waals surface area contributed by atoms with E-state index in [9.17, 15) is 0 Å². The molecule has 0 amide bonds. The zero-order valence-corrected chi connectivity index (χ0v) is 13.4. The van der Waals surface area contributed by atoms with E-state index < -0.39 is 0 Å². The topological polar surface area (TPSA) is 64.9 Å². The molecule has 0 fully saturated rings. The molecular formula is C14H29N5O. The molecule has 116 valence electrons. The Bertz CT molecular complexity index is 368. The highest BCUT2D eigenvalue weighted by Gasteiger charge is 2.29. The number of hydrogen-bond donors (Lipinski definition) is 1. The molecule has 1 unspecified atom stereocenters. The van der Waals surface area contributed by atoms with Crippen LogP contribution in [-0.4, -0.2) is 47.0 Å². The lowest BCUT2D eigenvalue weighted by Gasteiger charge is -2.32. The maximum Gasteiger partial charge on any atom is 0.175 e. The summed E-state index contributed by atoms with van der Waals surface area (Å²) in [6.45, 7) is 7.10. The zero-order valence-electron chi connectivity index (χ0n) is 13.4. The average molecular weight is 283 g/mol. The summed E-state index contributed by atoms with van der Waals surface area (Å²) < 4.78 is 5.09. The molecule has 6 nitrogen and oxygen atoms in total. The van der Waals surface area contributed by atoms with Crippen LogP contribution in [0.25, 0.3) is 0 Å². The van der Waals surface area contributed by atoms with Gasteiger partial charge in [0.25, 0.3) is 0 Å². The summed E-state index contributed by atoms with van der Waals surface area (Å²) in [7, 11) is 3.54. The number of tetrazole rings is 1. The molecule has 6 heteroatoms. The van der Waals surface area contributed by atoms with Crippen LogP contribution in [0.2, 0.25) is 0 Å². The summed E-state index contributed by atoms with van der Waals surface area (Å²) in [5.74, 6) is 0.846. The molecule has 1 rings (SSSR count). The first-order valence-electron chi connectivity index (χ1n) is 7.58. The minimum absolute atomic E-state index is 0.215. The Hall–Kier alpha value is -1.01. The van der Waals surface area contributed by atoms with Gasteiger partial charge in [-0.05, 0) is 23.5 Å². The zero-order chi connectivity index (χ0) is 14.8. The predicted octanol–water partition coefficient (Wildman–Crippen LogP) is 1.58. The molecule has 0 aliphatic carbocycles. The molecule has 0 saturated heterocycles. The Morgan fingerprint density at radius 1 is 1.35 bits per heavy atom. The van der Waals surface area contributed by atoms with Gasteiger partial charge in [-0.2, -0.15) is 4.80 Å². The lowest BCUT2D eigenvalue weighted by Crippen LogP contribution is -2.37. The van der Waals surface area contributed by atoms with Crippen molar-refractivity contribution >= 4 is 0 Å². The van der Waals surface area contributed by atoms with Crippen molar-refractivity contribution in [1.82, 2.24) is 25.5 Å². The van der Waals surface area contributed by atoms with Crippen molar-refractivity contribution in [2.75, 3.05) is 26.8 Å². The molecule has 0 aliphatic heterocycles. The van der Waals surface area contributed by atoms with Gasteiger partial charge in [-0.15, -0.1) is 10.2 Å². The second kappa shape index (κ2) is 9.02. The van der Waals surface area contributed by atoms with Gasteiger partial charge in [-0.25, -0.2) is 0 Å². The summed E-state index contributed by atoms with van der Waals surface area (Å²) in [6, 6.07) is 0. The van der Waals surface area contributed by atoms with Gasteiger partial charge in [0.2, 0.25) is 0 Å². The van der Waals surface area contributed by atoms with Gasteiger partial charge in [0, 0.05) is 26.6 Å². The molecule has 1 aromatic rings. The van der Waals surface area contributed by atoms with Crippen LogP contribution in [0.15, 0.2) is 0 Å². The van der Waals surface area contributed by atoms with E-state index >= 15 is 0 Å². The molecule has 0 radical (unpaired) electrons. The van der Waals surface area contributed by atoms with Crippen LogP contribution in [0.1, 0.15) is 45.4 Å². The van der Waals surface area contributed by atoms with Crippen LogP contribution in [0, 0.1) is 5.41 Å². The third kappa shape index (κ3) is 5.54. The number of hydrogen-bond acceptors (Lipinski definition) is 5. The van der Waals surface area contributed by atoms with Crippen LogP contribution in [0.4, 0.5) is 0 Å². The van der Waals surface area contributed by atoms with E-state index in [1.807, 2.05) is 7.05 Å². The highest BCUT2D eigenvalue weighted by molar-refractivity contribution is 4.91. The number of unbranched alkanes of at least 4 members (excludes halogenated alkanes) is 1. The third-order valence-corrected chi connectivity index (χ3v) is 3.88.